The van der Waals surface area contributed by atoms with Crippen LogP contribution in [0.2, 0.25) is 0 Å². The van der Waals surface area contributed by atoms with Gasteiger partial charge >= 0.3 is 0 Å². The van der Waals surface area contributed by atoms with Crippen LogP contribution < -0.4 is 5.32 Å². The SMILES string of the molecule is CCC1CCCC(NC2C(C)(C)C2(C)C)CC1. The Hall–Kier alpha value is -0.0400. The van der Waals surface area contributed by atoms with E-state index in [0.717, 1.165) is 18.0 Å². The number of rotatable bonds is 3. The predicted octanol–water partition coefficient (Wildman–Crippen LogP) is 4.37. The van der Waals surface area contributed by atoms with Crippen molar-refractivity contribution in [3.8, 4) is 0 Å². The second-order valence-electron chi connectivity index (χ2n) is 7.52. The van der Waals surface area contributed by atoms with Crippen LogP contribution in [0.25, 0.3) is 0 Å². The third-order valence-electron chi connectivity index (χ3n) is 6.09. The van der Waals surface area contributed by atoms with Gasteiger partial charge in [0.05, 0.1) is 0 Å². The highest BCUT2D eigenvalue weighted by Crippen LogP contribution is 2.62. The van der Waals surface area contributed by atoms with Crippen LogP contribution in [-0.4, -0.2) is 12.1 Å². The molecule has 0 heterocycles. The third-order valence-corrected chi connectivity index (χ3v) is 6.09. The Balaban J connectivity index is 1.85. The molecule has 2 fully saturated rings. The molecule has 0 amide bonds. The first-order chi connectivity index (χ1) is 7.89. The molecule has 2 atom stereocenters. The minimum absolute atomic E-state index is 0.490. The highest BCUT2D eigenvalue weighted by atomic mass is 15.1. The van der Waals surface area contributed by atoms with Crippen molar-refractivity contribution in [2.24, 2.45) is 16.7 Å². The largest absolute Gasteiger partial charge is 0.310 e. The van der Waals surface area contributed by atoms with Crippen LogP contribution in [0.5, 0.6) is 0 Å². The van der Waals surface area contributed by atoms with E-state index in [-0.39, 0.29) is 0 Å². The molecule has 1 N–H and O–H groups in total. The summed E-state index contributed by atoms with van der Waals surface area (Å²) in [5.41, 5.74) is 0.979. The second-order valence-corrected chi connectivity index (χ2v) is 7.52. The Kier molecular flexibility index (Phi) is 3.60. The van der Waals surface area contributed by atoms with Gasteiger partial charge < -0.3 is 5.32 Å². The van der Waals surface area contributed by atoms with Crippen molar-refractivity contribution >= 4 is 0 Å². The van der Waals surface area contributed by atoms with Gasteiger partial charge in [-0.2, -0.15) is 0 Å². The maximum Gasteiger partial charge on any atom is 0.0183 e. The van der Waals surface area contributed by atoms with E-state index >= 15 is 0 Å². The molecule has 0 spiro atoms. The Bertz CT molecular complexity index is 253. The zero-order valence-electron chi connectivity index (χ0n) is 12.5. The highest BCUT2D eigenvalue weighted by molar-refractivity contribution is 5.18. The fourth-order valence-corrected chi connectivity index (χ4v) is 3.80. The molecule has 2 saturated carbocycles. The van der Waals surface area contributed by atoms with E-state index in [2.05, 4.69) is 39.9 Å². The summed E-state index contributed by atoms with van der Waals surface area (Å²) in [6.07, 6.45) is 8.53. The van der Waals surface area contributed by atoms with E-state index in [1.807, 2.05) is 0 Å². The van der Waals surface area contributed by atoms with Crippen LogP contribution in [0.15, 0.2) is 0 Å². The van der Waals surface area contributed by atoms with Crippen LogP contribution in [-0.2, 0) is 0 Å². The molecule has 0 aromatic carbocycles. The van der Waals surface area contributed by atoms with E-state index < -0.39 is 0 Å². The summed E-state index contributed by atoms with van der Waals surface area (Å²) in [5, 5.41) is 3.96. The van der Waals surface area contributed by atoms with E-state index in [1.54, 1.807) is 0 Å². The van der Waals surface area contributed by atoms with E-state index in [1.165, 1.54) is 38.5 Å². The predicted molar refractivity (Wildman–Crippen MR) is 75.1 cm³/mol. The molecule has 17 heavy (non-hydrogen) atoms. The normalized spacial score (nSPS) is 36.5. The van der Waals surface area contributed by atoms with Gasteiger partial charge in [-0.15, -0.1) is 0 Å². The zero-order valence-corrected chi connectivity index (χ0v) is 12.5. The summed E-state index contributed by atoms with van der Waals surface area (Å²) in [5.74, 6) is 1.00. The number of hydrogen-bond acceptors (Lipinski definition) is 1. The summed E-state index contributed by atoms with van der Waals surface area (Å²) >= 11 is 0. The molecule has 2 aliphatic carbocycles. The van der Waals surface area contributed by atoms with Gasteiger partial charge in [-0.3, -0.25) is 0 Å². The van der Waals surface area contributed by atoms with Crippen LogP contribution >= 0.6 is 0 Å². The van der Waals surface area contributed by atoms with Gasteiger partial charge in [-0.1, -0.05) is 53.9 Å². The highest BCUT2D eigenvalue weighted by Gasteiger charge is 2.64. The molecule has 1 nitrogen and oxygen atoms in total. The number of hydrogen-bond donors (Lipinski definition) is 1. The van der Waals surface area contributed by atoms with Crippen molar-refractivity contribution in [3.05, 3.63) is 0 Å². The minimum Gasteiger partial charge on any atom is -0.310 e. The molecule has 100 valence electrons. The van der Waals surface area contributed by atoms with Crippen molar-refractivity contribution < 1.29 is 0 Å². The van der Waals surface area contributed by atoms with Crippen molar-refractivity contribution in [1.29, 1.82) is 0 Å². The second kappa shape index (κ2) is 4.57. The van der Waals surface area contributed by atoms with Crippen molar-refractivity contribution in [1.82, 2.24) is 5.32 Å². The first-order valence-corrected chi connectivity index (χ1v) is 7.65. The lowest BCUT2D eigenvalue weighted by atomic mass is 9.98. The summed E-state index contributed by atoms with van der Waals surface area (Å²) in [6.45, 7) is 12.0. The number of nitrogens with one attached hydrogen (secondary N) is 1. The molecule has 0 radical (unpaired) electrons. The van der Waals surface area contributed by atoms with Crippen molar-refractivity contribution in [2.75, 3.05) is 0 Å². The fraction of sp³-hybridized carbons (Fsp3) is 1.00. The fourth-order valence-electron chi connectivity index (χ4n) is 3.80. The van der Waals surface area contributed by atoms with E-state index in [4.69, 9.17) is 0 Å². The molecule has 1 heteroatoms. The molecule has 2 aliphatic rings. The van der Waals surface area contributed by atoms with Crippen LogP contribution in [0.4, 0.5) is 0 Å². The van der Waals surface area contributed by atoms with Gasteiger partial charge in [0.1, 0.15) is 0 Å². The lowest BCUT2D eigenvalue weighted by Gasteiger charge is -2.18. The Morgan fingerprint density at radius 1 is 0.941 bits per heavy atom. The van der Waals surface area contributed by atoms with Gasteiger partial charge in [-0.05, 0) is 36.0 Å². The average Bonchev–Trinajstić information content (AvgIpc) is 2.77. The van der Waals surface area contributed by atoms with Gasteiger partial charge in [0, 0.05) is 12.1 Å². The quantitative estimate of drug-likeness (QED) is 0.719. The molecular weight excluding hydrogens is 206 g/mol. The molecule has 0 aromatic heterocycles. The maximum atomic E-state index is 3.96. The molecule has 0 saturated heterocycles. The monoisotopic (exact) mass is 237 g/mol. The minimum atomic E-state index is 0.490. The molecule has 2 rings (SSSR count). The standard InChI is InChI=1S/C16H31N/c1-6-12-8-7-9-13(11-10-12)17-14-15(2,3)16(14,4)5/h12-14,17H,6-11H2,1-5H3. The molecule has 0 aliphatic heterocycles. The van der Waals surface area contributed by atoms with Gasteiger partial charge in [0.25, 0.3) is 0 Å². The maximum absolute atomic E-state index is 3.96. The molecule has 0 bridgehead atoms. The Morgan fingerprint density at radius 2 is 1.59 bits per heavy atom. The lowest BCUT2D eigenvalue weighted by Crippen LogP contribution is -2.33. The van der Waals surface area contributed by atoms with Crippen molar-refractivity contribution in [2.45, 2.75) is 85.2 Å². The molecule has 0 aromatic rings. The first-order valence-electron chi connectivity index (χ1n) is 7.65. The van der Waals surface area contributed by atoms with Crippen molar-refractivity contribution in [3.63, 3.8) is 0 Å². The van der Waals surface area contributed by atoms with Crippen LogP contribution in [0, 0.1) is 16.7 Å². The van der Waals surface area contributed by atoms with Crippen LogP contribution in [0.3, 0.4) is 0 Å². The van der Waals surface area contributed by atoms with E-state index in [9.17, 15) is 0 Å². The Labute approximate surface area is 108 Å². The topological polar surface area (TPSA) is 12.0 Å². The Morgan fingerprint density at radius 3 is 2.12 bits per heavy atom. The summed E-state index contributed by atoms with van der Waals surface area (Å²) < 4.78 is 0. The lowest BCUT2D eigenvalue weighted by molar-refractivity contribution is 0.404. The molecular formula is C16H31N. The van der Waals surface area contributed by atoms with E-state index in [0.29, 0.717) is 10.8 Å². The smallest absolute Gasteiger partial charge is 0.0183 e. The van der Waals surface area contributed by atoms with Gasteiger partial charge in [0.2, 0.25) is 0 Å². The van der Waals surface area contributed by atoms with Crippen LogP contribution in [0.1, 0.15) is 73.1 Å². The summed E-state index contributed by atoms with van der Waals surface area (Å²) in [4.78, 5) is 0. The summed E-state index contributed by atoms with van der Waals surface area (Å²) in [6, 6.07) is 1.52. The first kappa shape index (κ1) is 13.4. The summed E-state index contributed by atoms with van der Waals surface area (Å²) in [7, 11) is 0. The average molecular weight is 237 g/mol. The van der Waals surface area contributed by atoms with Gasteiger partial charge in [0.15, 0.2) is 0 Å². The molecule has 2 unspecified atom stereocenters. The zero-order chi connectivity index (χ0) is 12.7. The van der Waals surface area contributed by atoms with Gasteiger partial charge in [-0.25, -0.2) is 0 Å². The third kappa shape index (κ3) is 2.41.